The van der Waals surface area contributed by atoms with E-state index in [1.54, 1.807) is 11.3 Å². The molecule has 21 heavy (non-hydrogen) atoms. The van der Waals surface area contributed by atoms with E-state index in [4.69, 9.17) is 4.74 Å². The highest BCUT2D eigenvalue weighted by molar-refractivity contribution is 7.17. The van der Waals surface area contributed by atoms with Gasteiger partial charge in [-0.15, -0.1) is 11.3 Å². The van der Waals surface area contributed by atoms with Gasteiger partial charge < -0.3 is 9.64 Å². The van der Waals surface area contributed by atoms with E-state index in [2.05, 4.69) is 17.5 Å². The van der Waals surface area contributed by atoms with Gasteiger partial charge in [0.2, 0.25) is 0 Å². The molecule has 0 N–H and O–H groups in total. The summed E-state index contributed by atoms with van der Waals surface area (Å²) in [6.45, 7) is 3.42. The third kappa shape index (κ3) is 2.27. The number of benzene rings is 1. The molecule has 2 aromatic rings. The molecule has 1 unspecified atom stereocenters. The zero-order valence-electron chi connectivity index (χ0n) is 12.0. The zero-order valence-corrected chi connectivity index (χ0v) is 12.8. The number of thiophene rings is 1. The van der Waals surface area contributed by atoms with Gasteiger partial charge in [-0.05, 0) is 42.2 Å². The summed E-state index contributed by atoms with van der Waals surface area (Å²) < 4.78 is 6.78. The summed E-state index contributed by atoms with van der Waals surface area (Å²) >= 11 is 1.66. The predicted molar refractivity (Wildman–Crippen MR) is 84.8 cm³/mol. The molecule has 4 rings (SSSR count). The standard InChI is InChI=1S/C17H19NO2S/c19-16(14-4-1-3-13-5-10-21-15(13)14)18-8-7-17(11-18)6-2-9-20-12-17/h1,3-5,10H,2,6-9,11-12H2. The first kappa shape index (κ1) is 13.3. The van der Waals surface area contributed by atoms with Crippen molar-refractivity contribution < 1.29 is 9.53 Å². The number of rotatable bonds is 1. The second kappa shape index (κ2) is 5.11. The van der Waals surface area contributed by atoms with E-state index in [1.165, 1.54) is 11.8 Å². The maximum absolute atomic E-state index is 12.9. The minimum absolute atomic E-state index is 0.186. The quantitative estimate of drug-likeness (QED) is 0.806. The Morgan fingerprint density at radius 2 is 2.24 bits per heavy atom. The maximum Gasteiger partial charge on any atom is 0.255 e. The van der Waals surface area contributed by atoms with Crippen molar-refractivity contribution in [2.45, 2.75) is 19.3 Å². The van der Waals surface area contributed by atoms with Crippen LogP contribution in [0.4, 0.5) is 0 Å². The minimum atomic E-state index is 0.186. The van der Waals surface area contributed by atoms with Crippen LogP contribution in [-0.2, 0) is 4.74 Å². The summed E-state index contributed by atoms with van der Waals surface area (Å²) in [5, 5.41) is 3.22. The van der Waals surface area contributed by atoms with Crippen LogP contribution in [0.2, 0.25) is 0 Å². The van der Waals surface area contributed by atoms with E-state index in [9.17, 15) is 4.79 Å². The minimum Gasteiger partial charge on any atom is -0.381 e. The fourth-order valence-corrected chi connectivity index (χ4v) is 4.58. The van der Waals surface area contributed by atoms with Crippen molar-refractivity contribution in [1.29, 1.82) is 0 Å². The van der Waals surface area contributed by atoms with Gasteiger partial charge in [0.25, 0.3) is 5.91 Å². The maximum atomic E-state index is 12.9. The second-order valence-corrected chi connectivity index (χ2v) is 7.19. The van der Waals surface area contributed by atoms with Crippen molar-refractivity contribution >= 4 is 27.3 Å². The average Bonchev–Trinajstić information content (AvgIpc) is 3.14. The molecule has 110 valence electrons. The fraction of sp³-hybridized carbons (Fsp3) is 0.471. The number of amides is 1. The second-order valence-electron chi connectivity index (χ2n) is 6.28. The van der Waals surface area contributed by atoms with Crippen LogP contribution < -0.4 is 0 Å². The molecule has 2 fully saturated rings. The van der Waals surface area contributed by atoms with Crippen LogP contribution in [-0.4, -0.2) is 37.1 Å². The van der Waals surface area contributed by atoms with Crippen LogP contribution in [0.1, 0.15) is 29.6 Å². The van der Waals surface area contributed by atoms with Gasteiger partial charge in [0.1, 0.15) is 0 Å². The predicted octanol–water partition coefficient (Wildman–Crippen LogP) is 3.54. The number of hydrogen-bond acceptors (Lipinski definition) is 3. The van der Waals surface area contributed by atoms with Gasteiger partial charge >= 0.3 is 0 Å². The Hall–Kier alpha value is -1.39. The Bertz CT molecular complexity index is 672. The summed E-state index contributed by atoms with van der Waals surface area (Å²) in [7, 11) is 0. The van der Waals surface area contributed by atoms with Gasteiger partial charge in [0.05, 0.1) is 12.2 Å². The molecule has 3 nitrogen and oxygen atoms in total. The van der Waals surface area contributed by atoms with Crippen LogP contribution in [0.3, 0.4) is 0 Å². The van der Waals surface area contributed by atoms with E-state index in [0.717, 1.165) is 49.4 Å². The molecule has 2 aliphatic rings. The van der Waals surface area contributed by atoms with Crippen LogP contribution in [0.25, 0.3) is 10.1 Å². The van der Waals surface area contributed by atoms with Crippen LogP contribution in [0.15, 0.2) is 29.6 Å². The Morgan fingerprint density at radius 3 is 3.10 bits per heavy atom. The molecule has 0 bridgehead atoms. The van der Waals surface area contributed by atoms with E-state index >= 15 is 0 Å². The highest BCUT2D eigenvalue weighted by Gasteiger charge is 2.41. The van der Waals surface area contributed by atoms with E-state index < -0.39 is 0 Å². The summed E-state index contributed by atoms with van der Waals surface area (Å²) in [5.41, 5.74) is 1.08. The fourth-order valence-electron chi connectivity index (χ4n) is 3.67. The third-order valence-corrected chi connectivity index (χ3v) is 5.80. The largest absolute Gasteiger partial charge is 0.381 e. The van der Waals surface area contributed by atoms with Crippen molar-refractivity contribution in [2.24, 2.45) is 5.41 Å². The molecule has 1 spiro atoms. The molecule has 2 saturated heterocycles. The number of hydrogen-bond donors (Lipinski definition) is 0. The highest BCUT2D eigenvalue weighted by atomic mass is 32.1. The number of carbonyl (C=O) groups is 1. The molecule has 1 atom stereocenters. The summed E-state index contributed by atoms with van der Waals surface area (Å²) in [6.07, 6.45) is 3.40. The molecule has 3 heterocycles. The zero-order chi connectivity index (χ0) is 14.3. The highest BCUT2D eigenvalue weighted by Crippen LogP contribution is 2.39. The first-order chi connectivity index (χ1) is 10.3. The lowest BCUT2D eigenvalue weighted by molar-refractivity contribution is -0.00158. The first-order valence-corrected chi connectivity index (χ1v) is 8.49. The van der Waals surface area contributed by atoms with Crippen molar-refractivity contribution in [2.75, 3.05) is 26.3 Å². The Balaban J connectivity index is 1.59. The number of nitrogens with zero attached hydrogens (tertiary/aromatic N) is 1. The molecule has 1 aromatic heterocycles. The molecule has 0 saturated carbocycles. The Labute approximate surface area is 128 Å². The Kier molecular flexibility index (Phi) is 3.23. The summed E-state index contributed by atoms with van der Waals surface area (Å²) in [5.74, 6) is 0.186. The number of likely N-dealkylation sites (tertiary alicyclic amines) is 1. The van der Waals surface area contributed by atoms with E-state index in [1.807, 2.05) is 17.0 Å². The molecule has 0 radical (unpaired) electrons. The summed E-state index contributed by atoms with van der Waals surface area (Å²) in [6, 6.07) is 8.10. The lowest BCUT2D eigenvalue weighted by atomic mass is 9.82. The summed E-state index contributed by atoms with van der Waals surface area (Å²) in [4.78, 5) is 14.9. The van der Waals surface area contributed by atoms with Gasteiger partial charge in [0, 0.05) is 29.8 Å². The molecule has 1 aromatic carbocycles. The first-order valence-electron chi connectivity index (χ1n) is 7.61. The van der Waals surface area contributed by atoms with Gasteiger partial charge in [-0.3, -0.25) is 4.79 Å². The number of carbonyl (C=O) groups excluding carboxylic acids is 1. The van der Waals surface area contributed by atoms with E-state index in [0.29, 0.717) is 0 Å². The van der Waals surface area contributed by atoms with Crippen LogP contribution in [0.5, 0.6) is 0 Å². The van der Waals surface area contributed by atoms with Gasteiger partial charge in [-0.2, -0.15) is 0 Å². The van der Waals surface area contributed by atoms with Crippen LogP contribution in [0, 0.1) is 5.41 Å². The van der Waals surface area contributed by atoms with Crippen molar-refractivity contribution in [1.82, 2.24) is 4.90 Å². The molecule has 2 aliphatic heterocycles. The smallest absolute Gasteiger partial charge is 0.255 e. The lowest BCUT2D eigenvalue weighted by Crippen LogP contribution is -2.37. The topological polar surface area (TPSA) is 29.5 Å². The normalized spacial score (nSPS) is 25.8. The average molecular weight is 301 g/mol. The van der Waals surface area contributed by atoms with Crippen LogP contribution >= 0.6 is 11.3 Å². The van der Waals surface area contributed by atoms with Gasteiger partial charge in [0.15, 0.2) is 0 Å². The molecule has 4 heteroatoms. The van der Waals surface area contributed by atoms with Gasteiger partial charge in [-0.25, -0.2) is 0 Å². The number of ether oxygens (including phenoxy) is 1. The molecule has 1 amide bonds. The van der Waals surface area contributed by atoms with Crippen molar-refractivity contribution in [3.05, 3.63) is 35.2 Å². The SMILES string of the molecule is O=C(c1cccc2ccsc12)N1CCC2(CCCOC2)C1. The molecular formula is C17H19NO2S. The monoisotopic (exact) mass is 301 g/mol. The molecule has 0 aliphatic carbocycles. The Morgan fingerprint density at radius 1 is 1.29 bits per heavy atom. The molecular weight excluding hydrogens is 282 g/mol. The van der Waals surface area contributed by atoms with Crippen molar-refractivity contribution in [3.63, 3.8) is 0 Å². The number of fused-ring (bicyclic) bond motifs is 1. The van der Waals surface area contributed by atoms with E-state index in [-0.39, 0.29) is 11.3 Å². The lowest BCUT2D eigenvalue weighted by Gasteiger charge is -2.33. The van der Waals surface area contributed by atoms with Crippen molar-refractivity contribution in [3.8, 4) is 0 Å². The third-order valence-electron chi connectivity index (χ3n) is 4.84. The van der Waals surface area contributed by atoms with Gasteiger partial charge in [-0.1, -0.05) is 12.1 Å².